The van der Waals surface area contributed by atoms with Gasteiger partial charge in [0.05, 0.1) is 18.7 Å². The molecule has 3 rings (SSSR count). The lowest BCUT2D eigenvalue weighted by Crippen LogP contribution is -2.37. The Labute approximate surface area is 117 Å². The lowest BCUT2D eigenvalue weighted by Gasteiger charge is -2.16. The van der Waals surface area contributed by atoms with Gasteiger partial charge in [0.2, 0.25) is 5.91 Å². The number of amides is 2. The molecule has 2 fully saturated rings. The highest BCUT2D eigenvalue weighted by Crippen LogP contribution is 2.30. The van der Waals surface area contributed by atoms with Crippen LogP contribution >= 0.6 is 0 Å². The average molecular weight is 274 g/mol. The first-order valence-corrected chi connectivity index (χ1v) is 6.92. The van der Waals surface area contributed by atoms with Crippen molar-refractivity contribution in [2.24, 2.45) is 0 Å². The van der Waals surface area contributed by atoms with E-state index in [9.17, 15) is 9.59 Å². The highest BCUT2D eigenvalue weighted by Gasteiger charge is 2.39. The summed E-state index contributed by atoms with van der Waals surface area (Å²) in [6, 6.07) is 7.42. The minimum absolute atomic E-state index is 0.0967. The van der Waals surface area contributed by atoms with Gasteiger partial charge in [0.25, 0.3) is 5.91 Å². The Morgan fingerprint density at radius 1 is 1.35 bits per heavy atom. The van der Waals surface area contributed by atoms with Gasteiger partial charge < -0.3 is 15.0 Å². The molecular formula is C15H18N2O3. The fourth-order valence-electron chi connectivity index (χ4n) is 2.66. The summed E-state index contributed by atoms with van der Waals surface area (Å²) in [5, 5.41) is 2.93. The van der Waals surface area contributed by atoms with Crippen LogP contribution < -0.4 is 10.1 Å². The zero-order valence-electron chi connectivity index (χ0n) is 11.5. The first-order chi connectivity index (χ1) is 9.69. The van der Waals surface area contributed by atoms with Gasteiger partial charge >= 0.3 is 0 Å². The fraction of sp³-hybridized carbons (Fsp3) is 0.467. The second kappa shape index (κ2) is 5.15. The number of nitrogens with one attached hydrogen (secondary N) is 1. The highest BCUT2D eigenvalue weighted by atomic mass is 16.5. The lowest BCUT2D eigenvalue weighted by molar-refractivity contribution is -0.128. The smallest absolute Gasteiger partial charge is 0.255 e. The molecule has 1 saturated heterocycles. The molecule has 5 heteroatoms. The Kier molecular flexibility index (Phi) is 3.34. The number of hydrogen-bond acceptors (Lipinski definition) is 3. The third kappa shape index (κ3) is 2.48. The van der Waals surface area contributed by atoms with Gasteiger partial charge in [-0.15, -0.1) is 0 Å². The van der Waals surface area contributed by atoms with E-state index in [0.717, 1.165) is 12.8 Å². The molecule has 0 aromatic heterocycles. The third-order valence-corrected chi connectivity index (χ3v) is 3.83. The average Bonchev–Trinajstić information content (AvgIpc) is 3.23. The predicted molar refractivity (Wildman–Crippen MR) is 73.6 cm³/mol. The number of methoxy groups -OCH3 is 1. The molecule has 1 aliphatic carbocycles. The Bertz CT molecular complexity index is 540. The molecule has 106 valence electrons. The SMILES string of the molecule is COc1ccccc1C(=O)NC1CC(=O)N(C2CC2)C1. The van der Waals surface area contributed by atoms with Gasteiger partial charge in [-0.25, -0.2) is 0 Å². The number of nitrogens with zero attached hydrogens (tertiary/aromatic N) is 1. The summed E-state index contributed by atoms with van der Waals surface area (Å²) in [6.45, 7) is 0.629. The first-order valence-electron chi connectivity index (χ1n) is 6.92. The Balaban J connectivity index is 1.66. The molecule has 0 radical (unpaired) electrons. The van der Waals surface area contributed by atoms with Crippen molar-refractivity contribution in [3.05, 3.63) is 29.8 Å². The van der Waals surface area contributed by atoms with Crippen molar-refractivity contribution < 1.29 is 14.3 Å². The Hall–Kier alpha value is -2.04. The maximum atomic E-state index is 12.3. The standard InChI is InChI=1S/C15H18N2O3/c1-20-13-5-3-2-4-12(13)15(19)16-10-8-14(18)17(9-10)11-6-7-11/h2-5,10-11H,6-9H2,1H3,(H,16,19). The molecule has 5 nitrogen and oxygen atoms in total. The largest absolute Gasteiger partial charge is 0.496 e. The van der Waals surface area contributed by atoms with Crippen molar-refractivity contribution in [2.75, 3.05) is 13.7 Å². The number of likely N-dealkylation sites (tertiary alicyclic amines) is 1. The molecule has 1 aromatic rings. The van der Waals surface area contributed by atoms with Crippen LogP contribution in [0.4, 0.5) is 0 Å². The molecule has 1 aromatic carbocycles. The van der Waals surface area contributed by atoms with Crippen molar-refractivity contribution in [1.29, 1.82) is 0 Å². The van der Waals surface area contributed by atoms with E-state index in [2.05, 4.69) is 5.32 Å². The zero-order valence-corrected chi connectivity index (χ0v) is 11.5. The normalized spacial score (nSPS) is 21.9. The predicted octanol–water partition coefficient (Wildman–Crippen LogP) is 1.19. The Morgan fingerprint density at radius 2 is 2.10 bits per heavy atom. The number of benzene rings is 1. The summed E-state index contributed by atoms with van der Waals surface area (Å²) in [5.41, 5.74) is 0.507. The number of carbonyl (C=O) groups is 2. The number of ether oxygens (including phenoxy) is 1. The Morgan fingerprint density at radius 3 is 2.80 bits per heavy atom. The quantitative estimate of drug-likeness (QED) is 0.897. The minimum Gasteiger partial charge on any atom is -0.496 e. The van der Waals surface area contributed by atoms with E-state index < -0.39 is 0 Å². The van der Waals surface area contributed by atoms with Crippen LogP contribution in [0.25, 0.3) is 0 Å². The van der Waals surface area contributed by atoms with Crippen LogP contribution in [-0.2, 0) is 4.79 Å². The molecule has 1 unspecified atom stereocenters. The van der Waals surface area contributed by atoms with E-state index in [-0.39, 0.29) is 17.9 Å². The summed E-state index contributed by atoms with van der Waals surface area (Å²) in [4.78, 5) is 26.0. The van der Waals surface area contributed by atoms with E-state index in [1.165, 1.54) is 0 Å². The monoisotopic (exact) mass is 274 g/mol. The molecule has 2 aliphatic rings. The van der Waals surface area contributed by atoms with Gasteiger partial charge in [-0.3, -0.25) is 9.59 Å². The molecule has 0 bridgehead atoms. The molecule has 1 heterocycles. The van der Waals surface area contributed by atoms with Gasteiger partial charge in [-0.1, -0.05) is 12.1 Å². The van der Waals surface area contributed by atoms with Gasteiger partial charge in [-0.2, -0.15) is 0 Å². The summed E-state index contributed by atoms with van der Waals surface area (Å²) < 4.78 is 5.18. The lowest BCUT2D eigenvalue weighted by atomic mass is 10.1. The second-order valence-electron chi connectivity index (χ2n) is 5.35. The fourth-order valence-corrected chi connectivity index (χ4v) is 2.66. The maximum Gasteiger partial charge on any atom is 0.255 e. The molecule has 1 atom stereocenters. The van der Waals surface area contributed by atoms with Gasteiger partial charge in [0.15, 0.2) is 0 Å². The third-order valence-electron chi connectivity index (χ3n) is 3.83. The van der Waals surface area contributed by atoms with Crippen LogP contribution in [0, 0.1) is 0 Å². The topological polar surface area (TPSA) is 58.6 Å². The van der Waals surface area contributed by atoms with E-state index in [1.807, 2.05) is 11.0 Å². The van der Waals surface area contributed by atoms with Crippen LogP contribution in [0.2, 0.25) is 0 Å². The van der Waals surface area contributed by atoms with E-state index >= 15 is 0 Å². The zero-order chi connectivity index (χ0) is 14.1. The number of carbonyl (C=O) groups excluding carboxylic acids is 2. The van der Waals surface area contributed by atoms with Crippen molar-refractivity contribution >= 4 is 11.8 Å². The first kappa shape index (κ1) is 13.0. The van der Waals surface area contributed by atoms with Crippen molar-refractivity contribution in [3.8, 4) is 5.75 Å². The molecular weight excluding hydrogens is 256 g/mol. The van der Waals surface area contributed by atoms with Crippen LogP contribution in [0.1, 0.15) is 29.6 Å². The van der Waals surface area contributed by atoms with Crippen LogP contribution in [-0.4, -0.2) is 42.5 Å². The highest BCUT2D eigenvalue weighted by molar-refractivity contribution is 5.97. The van der Waals surface area contributed by atoms with Crippen LogP contribution in [0.15, 0.2) is 24.3 Å². The number of hydrogen-bond donors (Lipinski definition) is 1. The second-order valence-corrected chi connectivity index (χ2v) is 5.35. The van der Waals surface area contributed by atoms with Gasteiger partial charge in [0, 0.05) is 19.0 Å². The maximum absolute atomic E-state index is 12.3. The van der Waals surface area contributed by atoms with Crippen molar-refractivity contribution in [1.82, 2.24) is 10.2 Å². The summed E-state index contributed by atoms with van der Waals surface area (Å²) in [7, 11) is 1.54. The summed E-state index contributed by atoms with van der Waals surface area (Å²) >= 11 is 0. The molecule has 1 N–H and O–H groups in total. The molecule has 20 heavy (non-hydrogen) atoms. The van der Waals surface area contributed by atoms with E-state index in [1.54, 1.807) is 25.3 Å². The molecule has 2 amide bonds. The summed E-state index contributed by atoms with van der Waals surface area (Å²) in [6.07, 6.45) is 2.59. The molecule has 0 spiro atoms. The van der Waals surface area contributed by atoms with E-state index in [4.69, 9.17) is 4.74 Å². The van der Waals surface area contributed by atoms with Crippen LogP contribution in [0.3, 0.4) is 0 Å². The van der Waals surface area contributed by atoms with Gasteiger partial charge in [0.1, 0.15) is 5.75 Å². The number of rotatable bonds is 4. The van der Waals surface area contributed by atoms with E-state index in [0.29, 0.717) is 30.3 Å². The van der Waals surface area contributed by atoms with Gasteiger partial charge in [-0.05, 0) is 25.0 Å². The molecule has 1 aliphatic heterocycles. The molecule has 1 saturated carbocycles. The van der Waals surface area contributed by atoms with Crippen molar-refractivity contribution in [2.45, 2.75) is 31.3 Å². The van der Waals surface area contributed by atoms with Crippen LogP contribution in [0.5, 0.6) is 5.75 Å². The minimum atomic E-state index is -0.183. The number of para-hydroxylation sites is 1. The van der Waals surface area contributed by atoms with Crippen molar-refractivity contribution in [3.63, 3.8) is 0 Å². The summed E-state index contributed by atoms with van der Waals surface area (Å²) in [5.74, 6) is 0.518.